The predicted molar refractivity (Wildman–Crippen MR) is 166 cm³/mol. The van der Waals surface area contributed by atoms with E-state index in [4.69, 9.17) is 22.0 Å². The van der Waals surface area contributed by atoms with E-state index >= 15 is 0 Å². The Balaban J connectivity index is 1.25. The lowest BCUT2D eigenvalue weighted by Gasteiger charge is -2.50. The first-order valence-corrected chi connectivity index (χ1v) is 14.5. The van der Waals surface area contributed by atoms with E-state index in [0.717, 1.165) is 23.5 Å². The first-order valence-electron chi connectivity index (χ1n) is 14.1. The first-order chi connectivity index (χ1) is 20.7. The SMILES string of the molecule is CC1CN2C(=N)N(C)c3cc(Nc4ncc5c(n4)-c4ccc(Cl)cc4C(c4c(F)cccc4F)=NC5)ccc3C2C(C)N1. The molecule has 3 N–H and O–H groups in total. The summed E-state index contributed by atoms with van der Waals surface area (Å²) in [5, 5.41) is 16.2. The lowest BCUT2D eigenvalue weighted by molar-refractivity contribution is 0.167. The van der Waals surface area contributed by atoms with Gasteiger partial charge in [-0.2, -0.15) is 0 Å². The van der Waals surface area contributed by atoms with Crippen molar-refractivity contribution < 1.29 is 8.78 Å². The third kappa shape index (κ3) is 4.61. The van der Waals surface area contributed by atoms with E-state index < -0.39 is 11.6 Å². The Morgan fingerprint density at radius 3 is 2.63 bits per heavy atom. The maximum Gasteiger partial charge on any atom is 0.227 e. The number of aliphatic imine (C=N–C) groups is 1. The Hall–Kier alpha value is -4.41. The van der Waals surface area contributed by atoms with Crippen LogP contribution in [0.5, 0.6) is 0 Å². The second-order valence-corrected chi connectivity index (χ2v) is 11.7. The van der Waals surface area contributed by atoms with Crippen molar-refractivity contribution in [3.05, 3.63) is 99.7 Å². The predicted octanol–water partition coefficient (Wildman–Crippen LogP) is 6.28. The molecule has 7 rings (SSSR count). The number of benzene rings is 3. The van der Waals surface area contributed by atoms with Crippen LogP contribution in [0, 0.1) is 17.0 Å². The molecule has 4 heterocycles. The molecule has 0 bridgehead atoms. The van der Waals surface area contributed by atoms with Crippen molar-refractivity contribution in [2.45, 2.75) is 38.5 Å². The molecule has 1 fully saturated rings. The van der Waals surface area contributed by atoms with Crippen LogP contribution in [0.1, 0.15) is 42.1 Å². The third-order valence-corrected chi connectivity index (χ3v) is 8.58. The van der Waals surface area contributed by atoms with Gasteiger partial charge in [0.1, 0.15) is 11.6 Å². The van der Waals surface area contributed by atoms with E-state index in [1.165, 1.54) is 18.2 Å². The third-order valence-electron chi connectivity index (χ3n) is 8.35. The van der Waals surface area contributed by atoms with Crippen molar-refractivity contribution in [1.82, 2.24) is 20.2 Å². The van der Waals surface area contributed by atoms with Gasteiger partial charge in [-0.05, 0) is 50.2 Å². The molecule has 4 aromatic rings. The molecule has 3 unspecified atom stereocenters. The summed E-state index contributed by atoms with van der Waals surface area (Å²) < 4.78 is 29.8. The number of rotatable bonds is 3. The standard InChI is InChI=1S/C32H29ClF2N8/c1-16-15-43-30(17(2)39-16)22-10-8-20(12-26(22)42(3)31(43)36)40-32-38-14-18-13-37-29(27-24(34)5-4-6-25(27)35)23-11-19(33)7-9-21(23)28(18)41-32/h4-12,14,16-17,30,36,39H,13,15H2,1-3H3,(H,38,40,41). The number of halogens is 3. The largest absolute Gasteiger partial charge is 0.332 e. The second kappa shape index (κ2) is 10.4. The van der Waals surface area contributed by atoms with Crippen molar-refractivity contribution in [3.8, 4) is 11.3 Å². The van der Waals surface area contributed by atoms with Crippen LogP contribution in [0.4, 0.5) is 26.1 Å². The molecule has 8 nitrogen and oxygen atoms in total. The molecule has 0 spiro atoms. The van der Waals surface area contributed by atoms with Crippen molar-refractivity contribution in [1.29, 1.82) is 5.41 Å². The molecule has 11 heteroatoms. The summed E-state index contributed by atoms with van der Waals surface area (Å²) >= 11 is 6.35. The monoisotopic (exact) mass is 598 g/mol. The normalized spacial score (nSPS) is 20.8. The van der Waals surface area contributed by atoms with E-state index in [9.17, 15) is 8.78 Å². The molecule has 43 heavy (non-hydrogen) atoms. The highest BCUT2D eigenvalue weighted by molar-refractivity contribution is 6.31. The molecule has 3 aromatic carbocycles. The van der Waals surface area contributed by atoms with Crippen molar-refractivity contribution >= 4 is 40.6 Å². The van der Waals surface area contributed by atoms with Gasteiger partial charge in [-0.3, -0.25) is 10.4 Å². The van der Waals surface area contributed by atoms with Gasteiger partial charge in [0.15, 0.2) is 5.96 Å². The fourth-order valence-electron chi connectivity index (χ4n) is 6.45. The van der Waals surface area contributed by atoms with Gasteiger partial charge in [0.2, 0.25) is 5.95 Å². The number of fused-ring (bicyclic) bond motifs is 6. The Kier molecular flexibility index (Phi) is 6.63. The van der Waals surface area contributed by atoms with Gasteiger partial charge in [0, 0.05) is 64.8 Å². The molecule has 1 saturated heterocycles. The molecule has 3 aliphatic heterocycles. The maximum absolute atomic E-state index is 14.9. The minimum Gasteiger partial charge on any atom is -0.332 e. The zero-order valence-electron chi connectivity index (χ0n) is 23.8. The Morgan fingerprint density at radius 1 is 1.05 bits per heavy atom. The van der Waals surface area contributed by atoms with Crippen LogP contribution in [-0.4, -0.2) is 52.2 Å². The number of piperazine rings is 1. The summed E-state index contributed by atoms with van der Waals surface area (Å²) in [6.07, 6.45) is 1.68. The van der Waals surface area contributed by atoms with Gasteiger partial charge in [-0.25, -0.2) is 18.7 Å². The van der Waals surface area contributed by atoms with Crippen molar-refractivity contribution in [2.75, 3.05) is 23.8 Å². The summed E-state index contributed by atoms with van der Waals surface area (Å²) in [5.74, 6) is -0.582. The number of nitrogens with one attached hydrogen (secondary N) is 3. The first kappa shape index (κ1) is 27.4. The van der Waals surface area contributed by atoms with Gasteiger partial charge >= 0.3 is 0 Å². The Bertz CT molecular complexity index is 1810. The van der Waals surface area contributed by atoms with Crippen LogP contribution in [0.3, 0.4) is 0 Å². The highest BCUT2D eigenvalue weighted by Gasteiger charge is 2.40. The highest BCUT2D eigenvalue weighted by Crippen LogP contribution is 2.41. The highest BCUT2D eigenvalue weighted by atomic mass is 35.5. The van der Waals surface area contributed by atoms with Crippen LogP contribution in [0.25, 0.3) is 11.3 Å². The maximum atomic E-state index is 14.9. The van der Waals surface area contributed by atoms with E-state index in [2.05, 4.69) is 45.4 Å². The lowest BCUT2D eigenvalue weighted by atomic mass is 9.91. The zero-order chi connectivity index (χ0) is 30.0. The number of hydrogen-bond acceptors (Lipinski definition) is 6. The number of aromatic nitrogens is 2. The van der Waals surface area contributed by atoms with Crippen LogP contribution < -0.4 is 15.5 Å². The summed E-state index contributed by atoms with van der Waals surface area (Å²) in [7, 11) is 1.91. The number of anilines is 3. The Morgan fingerprint density at radius 2 is 1.84 bits per heavy atom. The minimum absolute atomic E-state index is 0.0597. The second-order valence-electron chi connectivity index (χ2n) is 11.3. The average molecular weight is 599 g/mol. The fraction of sp³-hybridized carbons (Fsp3) is 0.250. The van der Waals surface area contributed by atoms with Crippen molar-refractivity contribution in [2.24, 2.45) is 4.99 Å². The van der Waals surface area contributed by atoms with Crippen LogP contribution >= 0.6 is 11.6 Å². The van der Waals surface area contributed by atoms with Crippen LogP contribution in [0.2, 0.25) is 5.02 Å². The summed E-state index contributed by atoms with van der Waals surface area (Å²) in [6.45, 7) is 5.20. The van der Waals surface area contributed by atoms with Gasteiger partial charge in [-0.15, -0.1) is 0 Å². The van der Waals surface area contributed by atoms with E-state index in [-0.39, 0.29) is 29.9 Å². The molecule has 0 aliphatic carbocycles. The number of nitrogens with zero attached hydrogens (tertiary/aromatic N) is 5. The van der Waals surface area contributed by atoms with Crippen LogP contribution in [0.15, 0.2) is 65.8 Å². The molecule has 0 saturated carbocycles. The summed E-state index contributed by atoms with van der Waals surface area (Å²) in [4.78, 5) is 18.1. The molecule has 0 radical (unpaired) electrons. The van der Waals surface area contributed by atoms with E-state index in [1.807, 2.05) is 24.1 Å². The Labute approximate surface area is 253 Å². The average Bonchev–Trinajstić information content (AvgIpc) is 3.12. The number of hydrogen-bond donors (Lipinski definition) is 3. The molecule has 3 aliphatic rings. The van der Waals surface area contributed by atoms with Crippen molar-refractivity contribution in [3.63, 3.8) is 0 Å². The molecule has 3 atom stereocenters. The van der Waals surface area contributed by atoms with E-state index in [0.29, 0.717) is 45.4 Å². The van der Waals surface area contributed by atoms with Gasteiger partial charge < -0.3 is 20.4 Å². The number of guanidine groups is 1. The fourth-order valence-corrected chi connectivity index (χ4v) is 6.62. The topological polar surface area (TPSA) is 92.5 Å². The molecule has 218 valence electrons. The van der Waals surface area contributed by atoms with Gasteiger partial charge in [-0.1, -0.05) is 29.8 Å². The van der Waals surface area contributed by atoms with Gasteiger partial charge in [0.05, 0.1) is 35.2 Å². The van der Waals surface area contributed by atoms with Gasteiger partial charge in [0.25, 0.3) is 0 Å². The zero-order valence-corrected chi connectivity index (χ0v) is 24.5. The summed E-state index contributed by atoms with van der Waals surface area (Å²) in [5.41, 5.74) is 5.29. The lowest BCUT2D eigenvalue weighted by Crippen LogP contribution is -2.62. The van der Waals surface area contributed by atoms with Crippen LogP contribution in [-0.2, 0) is 6.54 Å². The molecule has 1 aromatic heterocycles. The van der Waals surface area contributed by atoms with E-state index in [1.54, 1.807) is 24.4 Å². The summed E-state index contributed by atoms with van der Waals surface area (Å²) in [6, 6.07) is 15.6. The molecular weight excluding hydrogens is 570 g/mol. The molecular formula is C32H29ClF2N8. The quantitative estimate of drug-likeness (QED) is 0.257. The molecule has 0 amide bonds. The minimum atomic E-state index is -0.703. The smallest absolute Gasteiger partial charge is 0.227 e.